The minimum atomic E-state index is -0.579. The summed E-state index contributed by atoms with van der Waals surface area (Å²) in [6, 6.07) is 0.492. The van der Waals surface area contributed by atoms with Gasteiger partial charge in [-0.3, -0.25) is 0 Å². The van der Waals surface area contributed by atoms with E-state index in [1.807, 2.05) is 6.92 Å². The van der Waals surface area contributed by atoms with Crippen molar-refractivity contribution >= 4 is 0 Å². The van der Waals surface area contributed by atoms with Crippen molar-refractivity contribution in [3.63, 3.8) is 0 Å². The molecule has 2 N–H and O–H groups in total. The maximum atomic E-state index is 10.1. The van der Waals surface area contributed by atoms with Crippen LogP contribution in [-0.4, -0.2) is 42.3 Å². The summed E-state index contributed by atoms with van der Waals surface area (Å²) < 4.78 is 11.4. The zero-order valence-electron chi connectivity index (χ0n) is 11.7. The summed E-state index contributed by atoms with van der Waals surface area (Å²) in [4.78, 5) is 0. The molecule has 1 aliphatic heterocycles. The zero-order valence-corrected chi connectivity index (χ0v) is 11.7. The Balaban J connectivity index is 1.70. The quantitative estimate of drug-likeness (QED) is 0.788. The third kappa shape index (κ3) is 3.67. The van der Waals surface area contributed by atoms with Crippen LogP contribution in [0, 0.1) is 0 Å². The molecule has 106 valence electrons. The van der Waals surface area contributed by atoms with Gasteiger partial charge in [0, 0.05) is 25.4 Å². The van der Waals surface area contributed by atoms with Crippen molar-refractivity contribution in [2.75, 3.05) is 19.8 Å². The van der Waals surface area contributed by atoms with E-state index < -0.39 is 5.60 Å². The number of hydrogen-bond acceptors (Lipinski definition) is 4. The molecule has 1 unspecified atom stereocenters. The molecule has 1 saturated carbocycles. The molecule has 1 saturated heterocycles. The van der Waals surface area contributed by atoms with E-state index in [0.717, 1.165) is 51.7 Å². The average Bonchev–Trinajstić information content (AvgIpc) is 2.77. The zero-order chi connectivity index (χ0) is 13.1. The summed E-state index contributed by atoms with van der Waals surface area (Å²) in [7, 11) is 0. The number of aliphatic hydroxyl groups is 1. The van der Waals surface area contributed by atoms with Gasteiger partial charge in [0.1, 0.15) is 0 Å². The van der Waals surface area contributed by atoms with Gasteiger partial charge < -0.3 is 19.9 Å². The predicted octanol–water partition coefficient (Wildman–Crippen LogP) is 1.81. The van der Waals surface area contributed by atoms with Crippen LogP contribution in [-0.2, 0) is 9.47 Å². The van der Waals surface area contributed by atoms with Gasteiger partial charge in [0.15, 0.2) is 5.79 Å². The highest BCUT2D eigenvalue weighted by molar-refractivity contribution is 4.87. The first-order chi connectivity index (χ1) is 8.55. The van der Waals surface area contributed by atoms with Gasteiger partial charge in [-0.15, -0.1) is 0 Å². The van der Waals surface area contributed by atoms with Crippen LogP contribution < -0.4 is 5.32 Å². The molecule has 18 heavy (non-hydrogen) atoms. The fraction of sp³-hybridized carbons (Fsp3) is 1.00. The molecule has 0 aromatic heterocycles. The molecule has 0 radical (unpaired) electrons. The van der Waals surface area contributed by atoms with Crippen molar-refractivity contribution in [1.29, 1.82) is 0 Å². The summed E-state index contributed by atoms with van der Waals surface area (Å²) in [5.41, 5.74) is -0.579. The van der Waals surface area contributed by atoms with Gasteiger partial charge in [-0.05, 0) is 26.2 Å². The largest absolute Gasteiger partial charge is 0.389 e. The van der Waals surface area contributed by atoms with Gasteiger partial charge >= 0.3 is 0 Å². The Labute approximate surface area is 110 Å². The molecule has 0 amide bonds. The average molecular weight is 257 g/mol. The van der Waals surface area contributed by atoms with Crippen LogP contribution in [0.5, 0.6) is 0 Å². The van der Waals surface area contributed by atoms with Gasteiger partial charge in [-0.1, -0.05) is 13.3 Å². The third-order valence-corrected chi connectivity index (χ3v) is 4.12. The molecular weight excluding hydrogens is 230 g/mol. The summed E-state index contributed by atoms with van der Waals surface area (Å²) in [6.07, 6.45) is 5.96. The standard InChI is InChI=1S/C14H27NO3/c1-3-6-13(2,16)11-15-12-4-7-14(8-5-12)17-9-10-18-14/h12,15-16H,3-11H2,1-2H3. The van der Waals surface area contributed by atoms with Crippen LogP contribution in [0.2, 0.25) is 0 Å². The number of ether oxygens (including phenoxy) is 2. The molecule has 2 aliphatic rings. The highest BCUT2D eigenvalue weighted by Gasteiger charge is 2.40. The molecule has 0 aromatic carbocycles. The number of rotatable bonds is 5. The molecule has 0 aromatic rings. The van der Waals surface area contributed by atoms with E-state index in [2.05, 4.69) is 12.2 Å². The Morgan fingerprint density at radius 1 is 1.28 bits per heavy atom. The topological polar surface area (TPSA) is 50.7 Å². The van der Waals surface area contributed by atoms with E-state index in [1.54, 1.807) is 0 Å². The Bertz CT molecular complexity index is 252. The fourth-order valence-corrected chi connectivity index (χ4v) is 3.04. The highest BCUT2D eigenvalue weighted by atomic mass is 16.7. The first kappa shape index (κ1) is 14.3. The van der Waals surface area contributed by atoms with Crippen LogP contribution in [0.1, 0.15) is 52.4 Å². The monoisotopic (exact) mass is 257 g/mol. The first-order valence-electron chi connectivity index (χ1n) is 7.29. The van der Waals surface area contributed by atoms with E-state index in [0.29, 0.717) is 12.6 Å². The normalized spacial score (nSPS) is 27.5. The minimum Gasteiger partial charge on any atom is -0.389 e. The first-order valence-corrected chi connectivity index (χ1v) is 7.29. The van der Waals surface area contributed by atoms with Gasteiger partial charge in [-0.25, -0.2) is 0 Å². The Morgan fingerprint density at radius 2 is 1.89 bits per heavy atom. The predicted molar refractivity (Wildman–Crippen MR) is 70.4 cm³/mol. The second kappa shape index (κ2) is 5.87. The molecule has 1 aliphatic carbocycles. The summed E-state index contributed by atoms with van der Waals surface area (Å²) >= 11 is 0. The SMILES string of the molecule is CCCC(C)(O)CNC1CCC2(CC1)OCCO2. The molecule has 4 nitrogen and oxygen atoms in total. The van der Waals surface area contributed by atoms with Gasteiger partial charge in [0.2, 0.25) is 0 Å². The van der Waals surface area contributed by atoms with Gasteiger partial charge in [0.05, 0.1) is 18.8 Å². The minimum absolute atomic E-state index is 0.274. The lowest BCUT2D eigenvalue weighted by Crippen LogP contribution is -2.46. The van der Waals surface area contributed by atoms with E-state index in [-0.39, 0.29) is 5.79 Å². The van der Waals surface area contributed by atoms with Crippen molar-refractivity contribution in [1.82, 2.24) is 5.32 Å². The van der Waals surface area contributed by atoms with E-state index >= 15 is 0 Å². The number of hydrogen-bond donors (Lipinski definition) is 2. The molecule has 1 spiro atoms. The second-order valence-corrected chi connectivity index (χ2v) is 6.01. The van der Waals surface area contributed by atoms with Crippen LogP contribution in [0.15, 0.2) is 0 Å². The molecule has 2 fully saturated rings. The lowest BCUT2D eigenvalue weighted by molar-refractivity contribution is -0.179. The lowest BCUT2D eigenvalue weighted by atomic mass is 9.89. The molecule has 1 heterocycles. The lowest BCUT2D eigenvalue weighted by Gasteiger charge is -2.36. The molecule has 1 atom stereocenters. The van der Waals surface area contributed by atoms with E-state index in [9.17, 15) is 5.11 Å². The summed E-state index contributed by atoms with van der Waals surface area (Å²) in [6.45, 7) is 6.18. The van der Waals surface area contributed by atoms with Gasteiger partial charge in [-0.2, -0.15) is 0 Å². The van der Waals surface area contributed by atoms with Gasteiger partial charge in [0.25, 0.3) is 0 Å². The van der Waals surface area contributed by atoms with Crippen LogP contribution in [0.25, 0.3) is 0 Å². The maximum absolute atomic E-state index is 10.1. The van der Waals surface area contributed by atoms with Crippen molar-refractivity contribution in [3.8, 4) is 0 Å². The summed E-state index contributed by atoms with van der Waals surface area (Å²) in [5.74, 6) is -0.274. The smallest absolute Gasteiger partial charge is 0.168 e. The number of nitrogens with one attached hydrogen (secondary N) is 1. The van der Waals surface area contributed by atoms with Crippen molar-refractivity contribution < 1.29 is 14.6 Å². The molecule has 2 rings (SSSR count). The van der Waals surface area contributed by atoms with Crippen molar-refractivity contribution in [2.24, 2.45) is 0 Å². The fourth-order valence-electron chi connectivity index (χ4n) is 3.04. The van der Waals surface area contributed by atoms with E-state index in [1.165, 1.54) is 0 Å². The van der Waals surface area contributed by atoms with Crippen LogP contribution in [0.4, 0.5) is 0 Å². The van der Waals surface area contributed by atoms with E-state index in [4.69, 9.17) is 9.47 Å². The molecular formula is C14H27NO3. The Hall–Kier alpha value is -0.160. The third-order valence-electron chi connectivity index (χ3n) is 4.12. The van der Waals surface area contributed by atoms with Crippen molar-refractivity contribution in [2.45, 2.75) is 69.8 Å². The Kier molecular flexibility index (Phi) is 4.64. The molecule has 4 heteroatoms. The second-order valence-electron chi connectivity index (χ2n) is 6.01. The van der Waals surface area contributed by atoms with Crippen LogP contribution >= 0.6 is 0 Å². The molecule has 0 bridgehead atoms. The highest BCUT2D eigenvalue weighted by Crippen LogP contribution is 2.35. The summed E-state index contributed by atoms with van der Waals surface area (Å²) in [5, 5.41) is 13.6. The van der Waals surface area contributed by atoms with Crippen LogP contribution in [0.3, 0.4) is 0 Å². The Morgan fingerprint density at radius 3 is 2.44 bits per heavy atom. The van der Waals surface area contributed by atoms with Crippen molar-refractivity contribution in [3.05, 3.63) is 0 Å². The maximum Gasteiger partial charge on any atom is 0.168 e.